The molecule has 1 atom stereocenters. The van der Waals surface area contributed by atoms with Gasteiger partial charge in [0.15, 0.2) is 0 Å². The van der Waals surface area contributed by atoms with E-state index in [0.717, 1.165) is 5.56 Å². The molecule has 0 aromatic heterocycles. The molecule has 4 N–H and O–H groups in total. The van der Waals surface area contributed by atoms with E-state index in [1.165, 1.54) is 0 Å². The smallest absolute Gasteiger partial charge is 0.251 e. The van der Waals surface area contributed by atoms with Crippen LogP contribution in [-0.4, -0.2) is 48.5 Å². The van der Waals surface area contributed by atoms with Crippen molar-refractivity contribution in [1.29, 1.82) is 0 Å². The van der Waals surface area contributed by atoms with Gasteiger partial charge in [0.1, 0.15) is 0 Å². The number of rotatable bonds is 7. The molecular formula is C13H20N2O3. The Morgan fingerprint density at radius 1 is 1.28 bits per heavy atom. The summed E-state index contributed by atoms with van der Waals surface area (Å²) in [4.78, 5) is 11.7. The van der Waals surface area contributed by atoms with E-state index in [-0.39, 0.29) is 12.5 Å². The van der Waals surface area contributed by atoms with Crippen LogP contribution in [0.15, 0.2) is 24.3 Å². The molecule has 1 aromatic rings. The lowest BCUT2D eigenvalue weighted by Gasteiger charge is -2.09. The summed E-state index contributed by atoms with van der Waals surface area (Å²) < 4.78 is 0. The highest BCUT2D eigenvalue weighted by molar-refractivity contribution is 5.94. The number of amides is 1. The summed E-state index contributed by atoms with van der Waals surface area (Å²) in [5.41, 5.74) is 1.75. The lowest BCUT2D eigenvalue weighted by atomic mass is 10.1. The molecule has 0 aliphatic carbocycles. The number of aliphatic hydroxyl groups is 2. The number of aryl methyl sites for hydroxylation is 1. The van der Waals surface area contributed by atoms with E-state index < -0.39 is 6.10 Å². The average molecular weight is 252 g/mol. The minimum atomic E-state index is -0.752. The molecule has 1 aromatic carbocycles. The molecule has 0 heterocycles. The maximum Gasteiger partial charge on any atom is 0.251 e. The average Bonchev–Trinajstić information content (AvgIpc) is 2.38. The fourth-order valence-electron chi connectivity index (χ4n) is 1.40. The van der Waals surface area contributed by atoms with Gasteiger partial charge in [-0.3, -0.25) is 4.79 Å². The number of hydrogen-bond acceptors (Lipinski definition) is 4. The zero-order chi connectivity index (χ0) is 13.4. The normalized spacial score (nSPS) is 12.2. The Morgan fingerprint density at radius 3 is 2.56 bits per heavy atom. The second kappa shape index (κ2) is 7.81. The summed E-state index contributed by atoms with van der Waals surface area (Å²) in [6, 6.07) is 7.36. The molecule has 5 nitrogen and oxygen atoms in total. The molecule has 1 rings (SSSR count). The number of nitrogens with one attached hydrogen (secondary N) is 2. The van der Waals surface area contributed by atoms with Gasteiger partial charge in [0.05, 0.1) is 12.7 Å². The number of carbonyl (C=O) groups excluding carboxylic acids is 1. The van der Waals surface area contributed by atoms with Gasteiger partial charge in [0.2, 0.25) is 0 Å². The Balaban J connectivity index is 2.19. The second-order valence-electron chi connectivity index (χ2n) is 4.16. The van der Waals surface area contributed by atoms with Gasteiger partial charge in [-0.1, -0.05) is 17.7 Å². The summed E-state index contributed by atoms with van der Waals surface area (Å²) >= 11 is 0. The van der Waals surface area contributed by atoms with Crippen LogP contribution in [0.5, 0.6) is 0 Å². The molecule has 0 aliphatic heterocycles. The van der Waals surface area contributed by atoms with Crippen molar-refractivity contribution >= 4 is 5.91 Å². The molecule has 0 fully saturated rings. The van der Waals surface area contributed by atoms with Crippen molar-refractivity contribution < 1.29 is 15.0 Å². The van der Waals surface area contributed by atoms with Gasteiger partial charge < -0.3 is 20.8 Å². The largest absolute Gasteiger partial charge is 0.394 e. The highest BCUT2D eigenvalue weighted by atomic mass is 16.3. The quantitative estimate of drug-likeness (QED) is 0.501. The van der Waals surface area contributed by atoms with Crippen LogP contribution in [0.3, 0.4) is 0 Å². The Hall–Kier alpha value is -1.43. The predicted molar refractivity (Wildman–Crippen MR) is 69.5 cm³/mol. The summed E-state index contributed by atoms with van der Waals surface area (Å²) in [6.45, 7) is 3.05. The number of benzene rings is 1. The Bertz CT molecular complexity index is 365. The van der Waals surface area contributed by atoms with E-state index in [2.05, 4.69) is 10.6 Å². The van der Waals surface area contributed by atoms with Gasteiger partial charge in [-0.05, 0) is 19.1 Å². The lowest BCUT2D eigenvalue weighted by molar-refractivity contribution is 0.0929. The fraction of sp³-hybridized carbons (Fsp3) is 0.462. The maximum atomic E-state index is 11.7. The summed E-state index contributed by atoms with van der Waals surface area (Å²) in [5, 5.41) is 23.4. The SMILES string of the molecule is Cc1ccc(C(=O)NCCNC[C@H](O)CO)cc1. The maximum absolute atomic E-state index is 11.7. The van der Waals surface area contributed by atoms with Crippen LogP contribution >= 0.6 is 0 Å². The highest BCUT2D eigenvalue weighted by Gasteiger charge is 2.04. The van der Waals surface area contributed by atoms with Crippen molar-refractivity contribution in [2.75, 3.05) is 26.2 Å². The van der Waals surface area contributed by atoms with Crippen molar-refractivity contribution in [1.82, 2.24) is 10.6 Å². The molecule has 5 heteroatoms. The molecule has 0 radical (unpaired) electrons. The molecule has 18 heavy (non-hydrogen) atoms. The monoisotopic (exact) mass is 252 g/mol. The van der Waals surface area contributed by atoms with Crippen molar-refractivity contribution in [3.63, 3.8) is 0 Å². The van der Waals surface area contributed by atoms with Crippen molar-refractivity contribution in [3.05, 3.63) is 35.4 Å². The summed E-state index contributed by atoms with van der Waals surface area (Å²) in [5.74, 6) is -0.112. The molecule has 0 bridgehead atoms. The topological polar surface area (TPSA) is 81.6 Å². The van der Waals surface area contributed by atoms with Gasteiger partial charge in [0, 0.05) is 25.2 Å². The van der Waals surface area contributed by atoms with Gasteiger partial charge in [0.25, 0.3) is 5.91 Å². The number of hydrogen-bond donors (Lipinski definition) is 4. The first-order valence-corrected chi connectivity index (χ1v) is 5.98. The third kappa shape index (κ3) is 5.27. The van der Waals surface area contributed by atoms with Gasteiger partial charge >= 0.3 is 0 Å². The molecular weight excluding hydrogens is 232 g/mol. The van der Waals surface area contributed by atoms with Crippen LogP contribution in [0.4, 0.5) is 0 Å². The zero-order valence-corrected chi connectivity index (χ0v) is 10.5. The van der Waals surface area contributed by atoms with Crippen LogP contribution in [0, 0.1) is 6.92 Å². The minimum absolute atomic E-state index is 0.112. The fourth-order valence-corrected chi connectivity index (χ4v) is 1.40. The van der Waals surface area contributed by atoms with Crippen LogP contribution in [0.25, 0.3) is 0 Å². The van der Waals surface area contributed by atoms with Crippen molar-refractivity contribution in [2.45, 2.75) is 13.0 Å². The summed E-state index contributed by atoms with van der Waals surface area (Å²) in [6.07, 6.45) is -0.752. The van der Waals surface area contributed by atoms with E-state index in [9.17, 15) is 4.79 Å². The van der Waals surface area contributed by atoms with E-state index in [1.807, 2.05) is 19.1 Å². The first-order valence-electron chi connectivity index (χ1n) is 5.98. The van der Waals surface area contributed by atoms with Gasteiger partial charge in [-0.25, -0.2) is 0 Å². The van der Waals surface area contributed by atoms with E-state index >= 15 is 0 Å². The third-order valence-corrected chi connectivity index (χ3v) is 2.49. The highest BCUT2D eigenvalue weighted by Crippen LogP contribution is 2.02. The molecule has 1 amide bonds. The Morgan fingerprint density at radius 2 is 1.94 bits per heavy atom. The van der Waals surface area contributed by atoms with Crippen LogP contribution in [0.1, 0.15) is 15.9 Å². The molecule has 0 saturated heterocycles. The molecule has 0 unspecified atom stereocenters. The first-order chi connectivity index (χ1) is 8.63. The third-order valence-electron chi connectivity index (χ3n) is 2.49. The number of carbonyl (C=O) groups is 1. The second-order valence-corrected chi connectivity index (χ2v) is 4.16. The number of aliphatic hydroxyl groups excluding tert-OH is 2. The predicted octanol–water partition coefficient (Wildman–Crippen LogP) is -0.332. The molecule has 0 spiro atoms. The van der Waals surface area contributed by atoms with E-state index in [0.29, 0.717) is 25.2 Å². The zero-order valence-electron chi connectivity index (χ0n) is 10.5. The van der Waals surface area contributed by atoms with Crippen LogP contribution in [-0.2, 0) is 0 Å². The van der Waals surface area contributed by atoms with E-state index in [1.54, 1.807) is 12.1 Å². The molecule has 0 saturated carbocycles. The summed E-state index contributed by atoms with van der Waals surface area (Å²) in [7, 11) is 0. The standard InChI is InChI=1S/C13H20N2O3/c1-10-2-4-11(5-3-10)13(18)15-7-6-14-8-12(17)9-16/h2-5,12,14,16-17H,6-9H2,1H3,(H,15,18)/t12-/m0/s1. The Kier molecular flexibility index (Phi) is 6.35. The molecule has 100 valence electrons. The van der Waals surface area contributed by atoms with Crippen molar-refractivity contribution in [3.8, 4) is 0 Å². The lowest BCUT2D eigenvalue weighted by Crippen LogP contribution is -2.36. The molecule has 0 aliphatic rings. The van der Waals surface area contributed by atoms with E-state index in [4.69, 9.17) is 10.2 Å². The van der Waals surface area contributed by atoms with Gasteiger partial charge in [-0.2, -0.15) is 0 Å². The van der Waals surface area contributed by atoms with Crippen molar-refractivity contribution in [2.24, 2.45) is 0 Å². The Labute approximate surface area is 107 Å². The van der Waals surface area contributed by atoms with Gasteiger partial charge in [-0.15, -0.1) is 0 Å². The minimum Gasteiger partial charge on any atom is -0.394 e. The van der Waals surface area contributed by atoms with Crippen LogP contribution < -0.4 is 10.6 Å². The van der Waals surface area contributed by atoms with Crippen LogP contribution in [0.2, 0.25) is 0 Å². The first kappa shape index (κ1) is 14.6.